The van der Waals surface area contributed by atoms with Crippen molar-refractivity contribution in [2.24, 2.45) is 0 Å². The molecule has 0 amide bonds. The Morgan fingerprint density at radius 3 is 3.12 bits per heavy atom. The summed E-state index contributed by atoms with van der Waals surface area (Å²) in [4.78, 5) is 26.2. The van der Waals surface area contributed by atoms with Crippen LogP contribution in [0.1, 0.15) is 6.92 Å². The van der Waals surface area contributed by atoms with E-state index in [1.165, 1.54) is 12.4 Å². The monoisotopic (exact) mass is 235 g/mol. The van der Waals surface area contributed by atoms with Gasteiger partial charge in [0.05, 0.1) is 24.3 Å². The van der Waals surface area contributed by atoms with Crippen LogP contribution in [0.25, 0.3) is 11.0 Å². The standard InChI is InChI=1S/C11H9NO5/c1-2-15-11(14)17-8-5-10(13)16-9-6-12-4-3-7(8)9/h3-6H,2H2,1H3. The Balaban J connectivity index is 2.45. The first kappa shape index (κ1) is 11.1. The number of hydrogen-bond donors (Lipinski definition) is 0. The van der Waals surface area contributed by atoms with Gasteiger partial charge in [-0.25, -0.2) is 9.59 Å². The summed E-state index contributed by atoms with van der Waals surface area (Å²) in [7, 11) is 0. The van der Waals surface area contributed by atoms with E-state index in [0.717, 1.165) is 6.07 Å². The molecule has 0 fully saturated rings. The zero-order valence-electron chi connectivity index (χ0n) is 9.00. The molecule has 2 aromatic heterocycles. The van der Waals surface area contributed by atoms with Crippen LogP contribution < -0.4 is 10.4 Å². The second kappa shape index (κ2) is 4.65. The van der Waals surface area contributed by atoms with Gasteiger partial charge in [0, 0.05) is 6.20 Å². The fourth-order valence-corrected chi connectivity index (χ4v) is 1.31. The van der Waals surface area contributed by atoms with Crippen LogP contribution in [0.4, 0.5) is 4.79 Å². The predicted molar refractivity (Wildman–Crippen MR) is 57.9 cm³/mol. The van der Waals surface area contributed by atoms with Crippen molar-refractivity contribution in [2.75, 3.05) is 6.61 Å². The van der Waals surface area contributed by atoms with Crippen LogP contribution in [-0.2, 0) is 4.74 Å². The fourth-order valence-electron chi connectivity index (χ4n) is 1.31. The normalized spacial score (nSPS) is 10.2. The van der Waals surface area contributed by atoms with Crippen LogP contribution in [0, 0.1) is 0 Å². The number of nitrogens with zero attached hydrogens (tertiary/aromatic N) is 1. The Morgan fingerprint density at radius 2 is 2.35 bits per heavy atom. The molecule has 0 radical (unpaired) electrons. The first-order valence-corrected chi connectivity index (χ1v) is 4.93. The zero-order valence-corrected chi connectivity index (χ0v) is 9.00. The molecule has 2 heterocycles. The predicted octanol–water partition coefficient (Wildman–Crippen LogP) is 1.72. The van der Waals surface area contributed by atoms with Gasteiger partial charge in [0.1, 0.15) is 0 Å². The molecule has 2 aromatic rings. The maximum Gasteiger partial charge on any atom is 0.513 e. The molecule has 0 spiro atoms. The molecular formula is C11H9NO5. The van der Waals surface area contributed by atoms with E-state index in [-0.39, 0.29) is 17.9 Å². The molecule has 6 nitrogen and oxygen atoms in total. The summed E-state index contributed by atoms with van der Waals surface area (Å²) in [6.45, 7) is 1.85. The Kier molecular flexibility index (Phi) is 3.04. The van der Waals surface area contributed by atoms with Gasteiger partial charge in [-0.05, 0) is 13.0 Å². The van der Waals surface area contributed by atoms with E-state index in [1.807, 2.05) is 0 Å². The van der Waals surface area contributed by atoms with Crippen molar-refractivity contribution in [3.8, 4) is 5.75 Å². The molecule has 0 saturated carbocycles. The number of aromatic nitrogens is 1. The molecular weight excluding hydrogens is 226 g/mol. The Bertz CT molecular complexity index is 604. The highest BCUT2D eigenvalue weighted by atomic mass is 16.7. The van der Waals surface area contributed by atoms with Crippen molar-refractivity contribution < 1.29 is 18.7 Å². The molecule has 6 heteroatoms. The molecule has 0 aromatic carbocycles. The largest absolute Gasteiger partial charge is 0.513 e. The number of rotatable bonds is 2. The summed E-state index contributed by atoms with van der Waals surface area (Å²) < 4.78 is 14.4. The quantitative estimate of drug-likeness (QED) is 0.737. The summed E-state index contributed by atoms with van der Waals surface area (Å²) in [6.07, 6.45) is 2.01. The van der Waals surface area contributed by atoms with Crippen molar-refractivity contribution in [3.63, 3.8) is 0 Å². The summed E-state index contributed by atoms with van der Waals surface area (Å²) in [6, 6.07) is 2.66. The minimum absolute atomic E-state index is 0.0945. The average Bonchev–Trinajstić information content (AvgIpc) is 2.29. The van der Waals surface area contributed by atoms with Gasteiger partial charge in [-0.15, -0.1) is 0 Å². The molecule has 0 saturated heterocycles. The summed E-state index contributed by atoms with van der Waals surface area (Å²) in [5, 5.41) is 0.479. The van der Waals surface area contributed by atoms with Crippen molar-refractivity contribution in [2.45, 2.75) is 6.92 Å². The average molecular weight is 235 g/mol. The Labute approximate surface area is 95.8 Å². The third kappa shape index (κ3) is 2.41. The van der Waals surface area contributed by atoms with Gasteiger partial charge in [-0.3, -0.25) is 4.98 Å². The summed E-state index contributed by atoms with van der Waals surface area (Å²) in [5.74, 6) is 0.0945. The Morgan fingerprint density at radius 1 is 1.53 bits per heavy atom. The number of carbonyl (C=O) groups excluding carboxylic acids is 1. The molecule has 0 bridgehead atoms. The lowest BCUT2D eigenvalue weighted by Gasteiger charge is -2.05. The lowest BCUT2D eigenvalue weighted by atomic mass is 10.3. The van der Waals surface area contributed by atoms with E-state index in [9.17, 15) is 9.59 Å². The van der Waals surface area contributed by atoms with Crippen molar-refractivity contribution in [1.82, 2.24) is 4.98 Å². The number of carbonyl (C=O) groups is 1. The maximum atomic E-state index is 11.2. The molecule has 0 N–H and O–H groups in total. The van der Waals surface area contributed by atoms with Gasteiger partial charge in [0.25, 0.3) is 0 Å². The van der Waals surface area contributed by atoms with Gasteiger partial charge in [0.2, 0.25) is 0 Å². The third-order valence-electron chi connectivity index (χ3n) is 1.96. The van der Waals surface area contributed by atoms with Gasteiger partial charge in [-0.2, -0.15) is 0 Å². The zero-order chi connectivity index (χ0) is 12.3. The highest BCUT2D eigenvalue weighted by Gasteiger charge is 2.11. The second-order valence-electron chi connectivity index (χ2n) is 3.09. The van der Waals surface area contributed by atoms with Gasteiger partial charge in [0.15, 0.2) is 11.3 Å². The SMILES string of the molecule is CCOC(=O)Oc1cc(=O)oc2cnccc12. The molecule has 0 aliphatic heterocycles. The topological polar surface area (TPSA) is 78.6 Å². The smallest absolute Gasteiger partial charge is 0.434 e. The molecule has 0 aliphatic carbocycles. The first-order chi connectivity index (χ1) is 8.20. The van der Waals surface area contributed by atoms with E-state index >= 15 is 0 Å². The van der Waals surface area contributed by atoms with Gasteiger partial charge >= 0.3 is 11.8 Å². The van der Waals surface area contributed by atoms with Crippen LogP contribution in [-0.4, -0.2) is 17.7 Å². The molecule has 0 unspecified atom stereocenters. The molecule has 2 rings (SSSR count). The number of pyridine rings is 1. The number of hydrogen-bond acceptors (Lipinski definition) is 6. The summed E-state index contributed by atoms with van der Waals surface area (Å²) in [5.41, 5.74) is -0.371. The number of ether oxygens (including phenoxy) is 2. The van der Waals surface area contributed by atoms with Gasteiger partial charge < -0.3 is 13.9 Å². The Hall–Kier alpha value is -2.37. The van der Waals surface area contributed by atoms with Crippen molar-refractivity contribution >= 4 is 17.1 Å². The number of fused-ring (bicyclic) bond motifs is 1. The van der Waals surface area contributed by atoms with Crippen LogP contribution in [0.3, 0.4) is 0 Å². The van der Waals surface area contributed by atoms with E-state index in [1.54, 1.807) is 13.0 Å². The first-order valence-electron chi connectivity index (χ1n) is 4.93. The van der Waals surface area contributed by atoms with E-state index in [2.05, 4.69) is 9.72 Å². The van der Waals surface area contributed by atoms with E-state index in [0.29, 0.717) is 5.39 Å². The molecule has 17 heavy (non-hydrogen) atoms. The molecule has 0 atom stereocenters. The summed E-state index contributed by atoms with van der Waals surface area (Å²) >= 11 is 0. The highest BCUT2D eigenvalue weighted by molar-refractivity contribution is 5.84. The fraction of sp³-hybridized carbons (Fsp3) is 0.182. The van der Waals surface area contributed by atoms with Crippen LogP contribution in [0.5, 0.6) is 5.75 Å². The minimum atomic E-state index is -0.865. The van der Waals surface area contributed by atoms with Crippen LogP contribution >= 0.6 is 0 Å². The highest BCUT2D eigenvalue weighted by Crippen LogP contribution is 2.22. The lowest BCUT2D eigenvalue weighted by Crippen LogP contribution is -2.12. The van der Waals surface area contributed by atoms with Crippen molar-refractivity contribution in [3.05, 3.63) is 34.9 Å². The second-order valence-corrected chi connectivity index (χ2v) is 3.09. The third-order valence-corrected chi connectivity index (χ3v) is 1.96. The van der Waals surface area contributed by atoms with Gasteiger partial charge in [-0.1, -0.05) is 0 Å². The van der Waals surface area contributed by atoms with Crippen LogP contribution in [0.2, 0.25) is 0 Å². The lowest BCUT2D eigenvalue weighted by molar-refractivity contribution is 0.104. The van der Waals surface area contributed by atoms with E-state index in [4.69, 9.17) is 9.15 Å². The van der Waals surface area contributed by atoms with E-state index < -0.39 is 11.8 Å². The molecule has 88 valence electrons. The minimum Gasteiger partial charge on any atom is -0.434 e. The maximum absolute atomic E-state index is 11.2. The van der Waals surface area contributed by atoms with Crippen LogP contribution in [0.15, 0.2) is 33.7 Å². The van der Waals surface area contributed by atoms with Crippen molar-refractivity contribution in [1.29, 1.82) is 0 Å². The molecule has 0 aliphatic rings.